The number of nitrogens with one attached hydrogen (secondary N) is 1. The van der Waals surface area contributed by atoms with Crippen molar-refractivity contribution in [1.82, 2.24) is 10.3 Å². The molecule has 1 aromatic rings. The van der Waals surface area contributed by atoms with Gasteiger partial charge in [0.1, 0.15) is 11.5 Å². The fourth-order valence-corrected chi connectivity index (χ4v) is 3.34. The van der Waals surface area contributed by atoms with Crippen LogP contribution >= 0.6 is 0 Å². The number of hydrazone groups is 1. The van der Waals surface area contributed by atoms with Crippen LogP contribution in [0, 0.1) is 5.82 Å². The van der Waals surface area contributed by atoms with Crippen molar-refractivity contribution in [3.8, 4) is 0 Å². The summed E-state index contributed by atoms with van der Waals surface area (Å²) in [6, 6.07) is 6.16. The third-order valence-corrected chi connectivity index (χ3v) is 4.80. The molecule has 6 heteroatoms. The first kappa shape index (κ1) is 17.6. The zero-order valence-electron chi connectivity index (χ0n) is 14.3. The van der Waals surface area contributed by atoms with Crippen LogP contribution in [0.1, 0.15) is 56.9 Å². The molecule has 1 N–H and O–H groups in total. The highest BCUT2D eigenvalue weighted by Gasteiger charge is 2.26. The molecule has 5 nitrogen and oxygen atoms in total. The van der Waals surface area contributed by atoms with Gasteiger partial charge in [-0.2, -0.15) is 5.10 Å². The molecule has 25 heavy (non-hydrogen) atoms. The van der Waals surface area contributed by atoms with Crippen molar-refractivity contribution < 1.29 is 14.0 Å². The Labute approximate surface area is 147 Å². The first-order valence-electron chi connectivity index (χ1n) is 9.05. The summed E-state index contributed by atoms with van der Waals surface area (Å²) in [4.78, 5) is 24.6. The molecular weight excluding hydrogens is 321 g/mol. The minimum Gasteiger partial charge on any atom is -0.348 e. The van der Waals surface area contributed by atoms with Gasteiger partial charge in [-0.15, -0.1) is 0 Å². The average Bonchev–Trinajstić information content (AvgIpc) is 2.87. The molecule has 1 saturated carbocycles. The van der Waals surface area contributed by atoms with Gasteiger partial charge in [0.15, 0.2) is 0 Å². The first-order valence-corrected chi connectivity index (χ1v) is 9.05. The van der Waals surface area contributed by atoms with Crippen LogP contribution in [0.15, 0.2) is 29.4 Å². The molecule has 1 fully saturated rings. The maximum Gasteiger partial charge on any atom is 0.267 e. The predicted octanol–water partition coefficient (Wildman–Crippen LogP) is 3.14. The number of carbonyl (C=O) groups is 2. The quantitative estimate of drug-likeness (QED) is 0.852. The number of rotatable bonds is 4. The lowest BCUT2D eigenvalue weighted by atomic mass is 10.1. The number of benzene rings is 1. The standard InChI is InChI=1S/C19H24FN3O2/c20-15-9-7-14(8-10-15)13-23-18(24)12-11-17(22-23)19(25)21-16-5-3-1-2-4-6-16/h7-10,16H,1-6,11-13H2,(H,21,25). The molecule has 0 saturated heterocycles. The highest BCUT2D eigenvalue weighted by atomic mass is 19.1. The van der Waals surface area contributed by atoms with Gasteiger partial charge in [0.25, 0.3) is 5.91 Å². The Morgan fingerprint density at radius 2 is 1.80 bits per heavy atom. The number of amides is 2. The molecule has 0 spiro atoms. The molecule has 1 aliphatic carbocycles. The largest absolute Gasteiger partial charge is 0.348 e. The zero-order chi connectivity index (χ0) is 17.6. The van der Waals surface area contributed by atoms with E-state index in [0.29, 0.717) is 12.1 Å². The van der Waals surface area contributed by atoms with E-state index >= 15 is 0 Å². The van der Waals surface area contributed by atoms with Crippen LogP contribution in [0.2, 0.25) is 0 Å². The Morgan fingerprint density at radius 1 is 1.12 bits per heavy atom. The van der Waals surface area contributed by atoms with Gasteiger partial charge in [0.05, 0.1) is 6.54 Å². The molecule has 2 amide bonds. The van der Waals surface area contributed by atoms with Crippen LogP contribution in [0.5, 0.6) is 0 Å². The van der Waals surface area contributed by atoms with Gasteiger partial charge in [-0.1, -0.05) is 37.8 Å². The lowest BCUT2D eigenvalue weighted by Crippen LogP contribution is -2.42. The van der Waals surface area contributed by atoms with Crippen LogP contribution < -0.4 is 5.32 Å². The topological polar surface area (TPSA) is 61.8 Å². The van der Waals surface area contributed by atoms with Gasteiger partial charge < -0.3 is 5.32 Å². The maximum atomic E-state index is 13.0. The van der Waals surface area contributed by atoms with Gasteiger partial charge in [-0.25, -0.2) is 9.40 Å². The molecule has 0 radical (unpaired) electrons. The molecule has 1 heterocycles. The van der Waals surface area contributed by atoms with E-state index in [1.807, 2.05) is 0 Å². The fourth-order valence-electron chi connectivity index (χ4n) is 3.34. The molecule has 134 valence electrons. The number of hydrogen-bond donors (Lipinski definition) is 1. The van der Waals surface area contributed by atoms with Crippen LogP contribution in [-0.4, -0.2) is 28.6 Å². The fraction of sp³-hybridized carbons (Fsp3) is 0.526. The molecular formula is C19H24FN3O2. The Hall–Kier alpha value is -2.24. The normalized spacial score (nSPS) is 19.3. The van der Waals surface area contributed by atoms with Crippen LogP contribution in [0.25, 0.3) is 0 Å². The minimum atomic E-state index is -0.319. The second-order valence-electron chi connectivity index (χ2n) is 6.79. The smallest absolute Gasteiger partial charge is 0.267 e. The van der Waals surface area contributed by atoms with Crippen LogP contribution in [0.3, 0.4) is 0 Å². The highest BCUT2D eigenvalue weighted by molar-refractivity contribution is 6.39. The molecule has 0 aromatic heterocycles. The highest BCUT2D eigenvalue weighted by Crippen LogP contribution is 2.18. The lowest BCUT2D eigenvalue weighted by molar-refractivity contribution is -0.132. The van der Waals surface area contributed by atoms with E-state index in [1.165, 1.54) is 30.0 Å². The van der Waals surface area contributed by atoms with Crippen molar-refractivity contribution in [2.45, 2.75) is 64.0 Å². The summed E-state index contributed by atoms with van der Waals surface area (Å²) in [6.45, 7) is 0.249. The molecule has 0 unspecified atom stereocenters. The van der Waals surface area contributed by atoms with Crippen molar-refractivity contribution in [3.63, 3.8) is 0 Å². The summed E-state index contributed by atoms with van der Waals surface area (Å²) in [7, 11) is 0. The third kappa shape index (κ3) is 4.87. The number of nitrogens with zero attached hydrogens (tertiary/aromatic N) is 2. The SMILES string of the molecule is O=C(NC1CCCCCC1)C1=NN(Cc2ccc(F)cc2)C(=O)CC1. The van der Waals surface area contributed by atoms with Crippen molar-refractivity contribution in [1.29, 1.82) is 0 Å². The molecule has 3 rings (SSSR count). The van der Waals surface area contributed by atoms with Crippen molar-refractivity contribution in [3.05, 3.63) is 35.6 Å². The molecule has 0 atom stereocenters. The van der Waals surface area contributed by atoms with E-state index < -0.39 is 0 Å². The van der Waals surface area contributed by atoms with Gasteiger partial charge in [0.2, 0.25) is 5.91 Å². The van der Waals surface area contributed by atoms with Crippen LogP contribution in [0.4, 0.5) is 4.39 Å². The zero-order valence-corrected chi connectivity index (χ0v) is 14.3. The summed E-state index contributed by atoms with van der Waals surface area (Å²) >= 11 is 0. The average molecular weight is 345 g/mol. The van der Waals surface area contributed by atoms with E-state index in [-0.39, 0.29) is 36.6 Å². The number of carbonyl (C=O) groups excluding carboxylic acids is 2. The van der Waals surface area contributed by atoms with Gasteiger partial charge in [-0.3, -0.25) is 9.59 Å². The predicted molar refractivity (Wildman–Crippen MR) is 93.3 cm³/mol. The number of hydrogen-bond acceptors (Lipinski definition) is 3. The Bertz CT molecular complexity index is 649. The van der Waals surface area contributed by atoms with E-state index in [2.05, 4.69) is 10.4 Å². The Kier molecular flexibility index (Phi) is 5.79. The van der Waals surface area contributed by atoms with Gasteiger partial charge >= 0.3 is 0 Å². The summed E-state index contributed by atoms with van der Waals surface area (Å²) in [6.07, 6.45) is 7.42. The third-order valence-electron chi connectivity index (χ3n) is 4.80. The van der Waals surface area contributed by atoms with Crippen molar-refractivity contribution in [2.75, 3.05) is 0 Å². The second-order valence-corrected chi connectivity index (χ2v) is 6.79. The van der Waals surface area contributed by atoms with Crippen molar-refractivity contribution >= 4 is 17.5 Å². The molecule has 0 bridgehead atoms. The molecule has 1 aromatic carbocycles. The van der Waals surface area contributed by atoms with E-state index in [1.54, 1.807) is 12.1 Å². The summed E-state index contributed by atoms with van der Waals surface area (Å²) in [5, 5.41) is 8.66. The number of halogens is 1. The van der Waals surface area contributed by atoms with E-state index in [0.717, 1.165) is 31.2 Å². The minimum absolute atomic E-state index is 0.115. The van der Waals surface area contributed by atoms with Crippen molar-refractivity contribution in [2.24, 2.45) is 5.10 Å². The lowest BCUT2D eigenvalue weighted by Gasteiger charge is -2.24. The molecule has 1 aliphatic heterocycles. The first-order chi connectivity index (χ1) is 12.1. The maximum absolute atomic E-state index is 13.0. The Balaban J connectivity index is 1.64. The summed E-state index contributed by atoms with van der Waals surface area (Å²) < 4.78 is 13.0. The molecule has 2 aliphatic rings. The summed E-state index contributed by atoms with van der Waals surface area (Å²) in [5.74, 6) is -0.598. The van der Waals surface area contributed by atoms with E-state index in [9.17, 15) is 14.0 Å². The van der Waals surface area contributed by atoms with E-state index in [4.69, 9.17) is 0 Å². The van der Waals surface area contributed by atoms with Gasteiger partial charge in [-0.05, 0) is 30.5 Å². The van der Waals surface area contributed by atoms with Gasteiger partial charge in [0, 0.05) is 18.9 Å². The second kappa shape index (κ2) is 8.23. The monoisotopic (exact) mass is 345 g/mol. The Morgan fingerprint density at radius 3 is 2.48 bits per heavy atom. The summed E-state index contributed by atoms with van der Waals surface area (Å²) in [5.41, 5.74) is 1.19. The van der Waals surface area contributed by atoms with Crippen LogP contribution in [-0.2, 0) is 16.1 Å².